The van der Waals surface area contributed by atoms with Gasteiger partial charge in [-0.05, 0) is 44.7 Å². The normalized spacial score (nSPS) is 17.8. The molecule has 1 fully saturated rings. The average Bonchev–Trinajstić information content (AvgIpc) is 3.24. The summed E-state index contributed by atoms with van der Waals surface area (Å²) in [5, 5.41) is 2.93. The fourth-order valence-corrected chi connectivity index (χ4v) is 4.53. The van der Waals surface area contributed by atoms with E-state index >= 15 is 0 Å². The van der Waals surface area contributed by atoms with Crippen LogP contribution >= 0.6 is 11.3 Å². The number of carbonyl (C=O) groups excluding carboxylic acids is 1. The molecule has 4 nitrogen and oxygen atoms in total. The van der Waals surface area contributed by atoms with Gasteiger partial charge in [-0.2, -0.15) is 0 Å². The van der Waals surface area contributed by atoms with Crippen LogP contribution in [0.1, 0.15) is 44.4 Å². The van der Waals surface area contributed by atoms with Crippen LogP contribution in [0, 0.1) is 0 Å². The van der Waals surface area contributed by atoms with E-state index in [2.05, 4.69) is 40.6 Å². The van der Waals surface area contributed by atoms with Gasteiger partial charge in [-0.1, -0.05) is 30.3 Å². The monoisotopic (exact) mass is 357 g/mol. The number of hydrogen-bond donors (Lipinski definition) is 0. The number of nitrogens with zero attached hydrogens (tertiary/aromatic N) is 3. The molecule has 1 saturated heterocycles. The SMILES string of the molecule is CCN(C(C)=O)c1nc(CN2CCCC2CCc2ccccc2)cs1. The summed E-state index contributed by atoms with van der Waals surface area (Å²) in [4.78, 5) is 20.7. The lowest BCUT2D eigenvalue weighted by molar-refractivity contribution is -0.116. The molecule has 3 rings (SSSR count). The van der Waals surface area contributed by atoms with Gasteiger partial charge in [0.2, 0.25) is 5.91 Å². The van der Waals surface area contributed by atoms with Crippen molar-refractivity contribution in [2.24, 2.45) is 0 Å². The standard InChI is InChI=1S/C20H27N3OS/c1-3-23(16(2)24)20-21-18(15-25-20)14-22-13-7-10-19(22)12-11-17-8-5-4-6-9-17/h4-6,8-9,15,19H,3,7,10-14H2,1-2H3. The van der Waals surface area contributed by atoms with E-state index in [1.165, 1.54) is 24.8 Å². The Morgan fingerprint density at radius 3 is 2.88 bits per heavy atom. The molecular weight excluding hydrogens is 330 g/mol. The van der Waals surface area contributed by atoms with Crippen LogP contribution in [0.15, 0.2) is 35.7 Å². The molecule has 0 radical (unpaired) electrons. The van der Waals surface area contributed by atoms with E-state index < -0.39 is 0 Å². The number of likely N-dealkylation sites (tertiary alicyclic amines) is 1. The van der Waals surface area contributed by atoms with E-state index in [9.17, 15) is 4.79 Å². The fraction of sp³-hybridized carbons (Fsp3) is 0.500. The zero-order valence-corrected chi connectivity index (χ0v) is 16.0. The summed E-state index contributed by atoms with van der Waals surface area (Å²) < 4.78 is 0. The number of benzene rings is 1. The largest absolute Gasteiger partial charge is 0.295 e. The maximum Gasteiger partial charge on any atom is 0.225 e. The smallest absolute Gasteiger partial charge is 0.225 e. The first kappa shape index (κ1) is 18.1. The Bertz CT molecular complexity index is 685. The molecule has 1 aliphatic heterocycles. The second-order valence-corrected chi connectivity index (χ2v) is 7.51. The topological polar surface area (TPSA) is 36.4 Å². The summed E-state index contributed by atoms with van der Waals surface area (Å²) in [5.41, 5.74) is 2.51. The van der Waals surface area contributed by atoms with Gasteiger partial charge < -0.3 is 0 Å². The van der Waals surface area contributed by atoms with Gasteiger partial charge in [0, 0.05) is 31.4 Å². The van der Waals surface area contributed by atoms with E-state index in [0.717, 1.165) is 30.3 Å². The Morgan fingerprint density at radius 1 is 1.36 bits per heavy atom. The summed E-state index contributed by atoms with van der Waals surface area (Å²) in [6, 6.07) is 11.4. The molecule has 25 heavy (non-hydrogen) atoms. The second-order valence-electron chi connectivity index (χ2n) is 6.68. The van der Waals surface area contributed by atoms with E-state index in [0.29, 0.717) is 12.6 Å². The number of amides is 1. The van der Waals surface area contributed by atoms with Gasteiger partial charge >= 0.3 is 0 Å². The lowest BCUT2D eigenvalue weighted by Gasteiger charge is -2.23. The van der Waals surface area contributed by atoms with E-state index in [1.54, 1.807) is 23.2 Å². The van der Waals surface area contributed by atoms with Gasteiger partial charge in [0.1, 0.15) is 0 Å². The third-order valence-electron chi connectivity index (χ3n) is 4.94. The number of hydrogen-bond acceptors (Lipinski definition) is 4. The zero-order valence-electron chi connectivity index (χ0n) is 15.1. The highest BCUT2D eigenvalue weighted by molar-refractivity contribution is 7.14. The molecule has 1 aliphatic rings. The maximum atomic E-state index is 11.7. The van der Waals surface area contributed by atoms with Gasteiger partial charge in [0.05, 0.1) is 5.69 Å². The van der Waals surface area contributed by atoms with Crippen LogP contribution in [-0.2, 0) is 17.8 Å². The average molecular weight is 358 g/mol. The fourth-order valence-electron chi connectivity index (χ4n) is 3.60. The number of rotatable bonds is 7. The van der Waals surface area contributed by atoms with E-state index in [-0.39, 0.29) is 5.91 Å². The molecule has 0 saturated carbocycles. The molecule has 1 aromatic heterocycles. The lowest BCUT2D eigenvalue weighted by Crippen LogP contribution is -2.30. The molecule has 1 unspecified atom stereocenters. The highest BCUT2D eigenvalue weighted by Crippen LogP contribution is 2.26. The van der Waals surface area contributed by atoms with Gasteiger partial charge in [0.25, 0.3) is 0 Å². The van der Waals surface area contributed by atoms with Crippen molar-refractivity contribution >= 4 is 22.4 Å². The Morgan fingerprint density at radius 2 is 2.16 bits per heavy atom. The van der Waals surface area contributed by atoms with E-state index in [1.807, 2.05) is 6.92 Å². The Balaban J connectivity index is 1.58. The van der Waals surface area contributed by atoms with Crippen LogP contribution in [0.25, 0.3) is 0 Å². The number of anilines is 1. The van der Waals surface area contributed by atoms with Crippen LogP contribution in [0.4, 0.5) is 5.13 Å². The molecule has 0 bridgehead atoms. The molecule has 1 atom stereocenters. The summed E-state index contributed by atoms with van der Waals surface area (Å²) in [6.45, 7) is 6.31. The van der Waals surface area contributed by atoms with Gasteiger partial charge in [-0.25, -0.2) is 4.98 Å². The maximum absolute atomic E-state index is 11.7. The molecule has 1 aromatic carbocycles. The second kappa shape index (κ2) is 8.59. The van der Waals surface area contributed by atoms with Gasteiger partial charge in [0.15, 0.2) is 5.13 Å². The summed E-state index contributed by atoms with van der Waals surface area (Å²) in [7, 11) is 0. The molecule has 134 valence electrons. The highest BCUT2D eigenvalue weighted by atomic mass is 32.1. The third kappa shape index (κ3) is 4.67. The minimum Gasteiger partial charge on any atom is -0.295 e. The molecule has 1 amide bonds. The molecule has 0 aliphatic carbocycles. The van der Waals surface area contributed by atoms with Crippen LogP contribution in [0.2, 0.25) is 0 Å². The van der Waals surface area contributed by atoms with Crippen LogP contribution in [0.3, 0.4) is 0 Å². The van der Waals surface area contributed by atoms with Crippen molar-refractivity contribution in [1.82, 2.24) is 9.88 Å². The number of aryl methyl sites for hydroxylation is 1. The van der Waals surface area contributed by atoms with Crippen LogP contribution in [0.5, 0.6) is 0 Å². The van der Waals surface area contributed by atoms with Crippen molar-refractivity contribution in [3.05, 3.63) is 47.0 Å². The Hall–Kier alpha value is -1.72. The van der Waals surface area contributed by atoms with Crippen LogP contribution < -0.4 is 4.90 Å². The summed E-state index contributed by atoms with van der Waals surface area (Å²) in [6.07, 6.45) is 4.89. The van der Waals surface area contributed by atoms with Crippen molar-refractivity contribution in [3.8, 4) is 0 Å². The quantitative estimate of drug-likeness (QED) is 0.748. The third-order valence-corrected chi connectivity index (χ3v) is 5.85. The summed E-state index contributed by atoms with van der Waals surface area (Å²) >= 11 is 1.57. The molecular formula is C20H27N3OS. The molecule has 2 aromatic rings. The molecule has 0 N–H and O–H groups in total. The van der Waals surface area contributed by atoms with E-state index in [4.69, 9.17) is 4.98 Å². The highest BCUT2D eigenvalue weighted by Gasteiger charge is 2.25. The van der Waals surface area contributed by atoms with Crippen molar-refractivity contribution in [3.63, 3.8) is 0 Å². The predicted octanol–water partition coefficient (Wildman–Crippen LogP) is 4.11. The first-order valence-corrected chi connectivity index (χ1v) is 10.1. The molecule has 0 spiro atoms. The number of carbonyl (C=O) groups is 1. The predicted molar refractivity (Wildman–Crippen MR) is 104 cm³/mol. The number of aromatic nitrogens is 1. The minimum atomic E-state index is 0.0605. The molecule has 5 heteroatoms. The lowest BCUT2D eigenvalue weighted by atomic mass is 10.0. The van der Waals surface area contributed by atoms with Gasteiger partial charge in [-0.3, -0.25) is 14.6 Å². The zero-order chi connectivity index (χ0) is 17.6. The Labute approximate surface area is 154 Å². The van der Waals surface area contributed by atoms with Crippen molar-refractivity contribution < 1.29 is 4.79 Å². The Kier molecular flexibility index (Phi) is 6.21. The minimum absolute atomic E-state index is 0.0605. The first-order valence-electron chi connectivity index (χ1n) is 9.18. The van der Waals surface area contributed by atoms with Crippen molar-refractivity contribution in [2.45, 2.75) is 52.1 Å². The van der Waals surface area contributed by atoms with Crippen molar-refractivity contribution in [2.75, 3.05) is 18.0 Å². The molecule has 2 heterocycles. The van der Waals surface area contributed by atoms with Crippen LogP contribution in [-0.4, -0.2) is 34.9 Å². The first-order chi connectivity index (χ1) is 12.2. The summed E-state index contributed by atoms with van der Waals surface area (Å²) in [5.74, 6) is 0.0605. The van der Waals surface area contributed by atoms with Crippen molar-refractivity contribution in [1.29, 1.82) is 0 Å². The van der Waals surface area contributed by atoms with Gasteiger partial charge in [-0.15, -0.1) is 11.3 Å². The number of thiazole rings is 1.